The lowest BCUT2D eigenvalue weighted by molar-refractivity contribution is -0.0539. The summed E-state index contributed by atoms with van der Waals surface area (Å²) in [4.78, 5) is 0. The van der Waals surface area contributed by atoms with Gasteiger partial charge in [0, 0.05) is 5.71 Å². The Morgan fingerprint density at radius 3 is 2.68 bits per heavy atom. The molecule has 2 fully saturated rings. The Kier molecular flexibility index (Phi) is 7.89. The van der Waals surface area contributed by atoms with Gasteiger partial charge in [0.2, 0.25) is 0 Å². The Labute approximate surface area is 178 Å². The van der Waals surface area contributed by atoms with Crippen molar-refractivity contribution in [3.63, 3.8) is 0 Å². The van der Waals surface area contributed by atoms with Crippen LogP contribution in [-0.2, 0) is 0 Å². The standard InChI is InChI=1S/C24H41N3S/c1-17(9-7-10-19(3)26-27-22(25)28)11-13-20-18(2)12-14-21-23(4,5)15-8-16-24(20,21)6/h9,20-21H,2,7-8,10-16H2,1,3-6H3,(H3,25,27,28)/b17-9-,26-19+/t20?,21?,24-/m1/s1. The van der Waals surface area contributed by atoms with Gasteiger partial charge in [-0.1, -0.05) is 51.0 Å². The zero-order valence-electron chi connectivity index (χ0n) is 18.7. The van der Waals surface area contributed by atoms with Gasteiger partial charge in [-0.15, -0.1) is 0 Å². The lowest BCUT2D eigenvalue weighted by Crippen LogP contribution is -2.49. The van der Waals surface area contributed by atoms with Gasteiger partial charge in [0.1, 0.15) is 0 Å². The van der Waals surface area contributed by atoms with Gasteiger partial charge in [-0.2, -0.15) is 5.10 Å². The van der Waals surface area contributed by atoms with E-state index in [9.17, 15) is 0 Å². The normalized spacial score (nSPS) is 30.7. The van der Waals surface area contributed by atoms with Crippen LogP contribution in [0.25, 0.3) is 0 Å². The number of fused-ring (bicyclic) bond motifs is 1. The maximum Gasteiger partial charge on any atom is 0.184 e. The molecule has 2 aliphatic rings. The summed E-state index contributed by atoms with van der Waals surface area (Å²) in [6, 6.07) is 0. The average molecular weight is 404 g/mol. The third-order valence-electron chi connectivity index (χ3n) is 7.50. The van der Waals surface area contributed by atoms with E-state index in [1.807, 2.05) is 6.92 Å². The molecular weight excluding hydrogens is 362 g/mol. The van der Waals surface area contributed by atoms with Crippen molar-refractivity contribution in [3.8, 4) is 0 Å². The van der Waals surface area contributed by atoms with Crippen molar-refractivity contribution in [2.75, 3.05) is 0 Å². The van der Waals surface area contributed by atoms with E-state index in [4.69, 9.17) is 18.0 Å². The Morgan fingerprint density at radius 1 is 1.29 bits per heavy atom. The highest BCUT2D eigenvalue weighted by Crippen LogP contribution is 2.61. The number of rotatable bonds is 7. The SMILES string of the molecule is C=C1CCC2C(C)(C)CCC[C@]2(C)C1CC/C(C)=C\CC/C(C)=N/NC(N)=S. The highest BCUT2D eigenvalue weighted by atomic mass is 32.1. The first-order valence-electron chi connectivity index (χ1n) is 11.0. The maximum absolute atomic E-state index is 5.41. The second-order valence-corrected chi connectivity index (χ2v) is 10.5. The Hall–Kier alpha value is -1.16. The topological polar surface area (TPSA) is 50.4 Å². The number of allylic oxidation sites excluding steroid dienone is 3. The van der Waals surface area contributed by atoms with Crippen LogP contribution >= 0.6 is 12.2 Å². The third-order valence-corrected chi connectivity index (χ3v) is 7.59. The minimum atomic E-state index is 0.219. The van der Waals surface area contributed by atoms with Gasteiger partial charge in [-0.05, 0) is 100 Å². The minimum absolute atomic E-state index is 0.219. The van der Waals surface area contributed by atoms with E-state index in [2.05, 4.69) is 50.9 Å². The molecule has 2 aliphatic carbocycles. The fourth-order valence-corrected chi connectivity index (χ4v) is 6.06. The second kappa shape index (κ2) is 9.56. The largest absolute Gasteiger partial charge is 0.375 e. The molecule has 0 spiro atoms. The van der Waals surface area contributed by atoms with Crippen molar-refractivity contribution < 1.29 is 0 Å². The molecule has 0 aromatic rings. The predicted molar refractivity (Wildman–Crippen MR) is 126 cm³/mol. The lowest BCUT2D eigenvalue weighted by Gasteiger charge is -2.58. The number of thiocarbonyl (C=S) groups is 1. The van der Waals surface area contributed by atoms with E-state index in [1.54, 1.807) is 0 Å². The van der Waals surface area contributed by atoms with E-state index in [0.29, 0.717) is 16.7 Å². The first kappa shape index (κ1) is 23.1. The van der Waals surface area contributed by atoms with Crippen LogP contribution in [0.1, 0.15) is 92.4 Å². The summed E-state index contributed by atoms with van der Waals surface area (Å²) >= 11 is 4.78. The molecule has 2 unspecified atom stereocenters. The number of hydrogen-bond acceptors (Lipinski definition) is 2. The first-order valence-corrected chi connectivity index (χ1v) is 11.4. The van der Waals surface area contributed by atoms with Crippen molar-refractivity contribution in [1.82, 2.24) is 5.43 Å². The van der Waals surface area contributed by atoms with Crippen LogP contribution in [0.5, 0.6) is 0 Å². The van der Waals surface area contributed by atoms with E-state index in [0.717, 1.165) is 24.5 Å². The van der Waals surface area contributed by atoms with E-state index >= 15 is 0 Å². The van der Waals surface area contributed by atoms with Crippen LogP contribution in [0.3, 0.4) is 0 Å². The monoisotopic (exact) mass is 403 g/mol. The Morgan fingerprint density at radius 2 is 2.00 bits per heavy atom. The highest BCUT2D eigenvalue weighted by Gasteiger charge is 2.52. The predicted octanol–water partition coefficient (Wildman–Crippen LogP) is 6.50. The molecule has 0 bridgehead atoms. The fraction of sp³-hybridized carbons (Fsp3) is 0.750. The Bertz CT molecular complexity index is 646. The molecule has 0 radical (unpaired) electrons. The number of nitrogens with one attached hydrogen (secondary N) is 1. The van der Waals surface area contributed by atoms with Gasteiger partial charge < -0.3 is 5.73 Å². The molecule has 0 saturated heterocycles. The molecule has 0 amide bonds. The zero-order chi connectivity index (χ0) is 20.9. The summed E-state index contributed by atoms with van der Waals surface area (Å²) < 4.78 is 0. The van der Waals surface area contributed by atoms with Gasteiger partial charge in [0.05, 0.1) is 0 Å². The van der Waals surface area contributed by atoms with E-state index in [-0.39, 0.29) is 5.11 Å². The van der Waals surface area contributed by atoms with Crippen LogP contribution in [0.4, 0.5) is 0 Å². The molecule has 3 N–H and O–H groups in total. The second-order valence-electron chi connectivity index (χ2n) is 10.1. The first-order chi connectivity index (χ1) is 13.1. The van der Waals surface area contributed by atoms with Crippen LogP contribution in [0.15, 0.2) is 28.9 Å². The van der Waals surface area contributed by atoms with E-state index in [1.165, 1.54) is 56.1 Å². The van der Waals surface area contributed by atoms with Gasteiger partial charge >= 0.3 is 0 Å². The van der Waals surface area contributed by atoms with Gasteiger partial charge in [0.15, 0.2) is 5.11 Å². The third kappa shape index (κ3) is 5.68. The molecule has 2 saturated carbocycles. The molecule has 3 atom stereocenters. The summed E-state index contributed by atoms with van der Waals surface area (Å²) in [5.74, 6) is 1.51. The van der Waals surface area contributed by atoms with Crippen LogP contribution in [-0.4, -0.2) is 10.8 Å². The van der Waals surface area contributed by atoms with Crippen molar-refractivity contribution in [2.45, 2.75) is 92.4 Å². The summed E-state index contributed by atoms with van der Waals surface area (Å²) in [7, 11) is 0. The molecule has 3 nitrogen and oxygen atoms in total. The van der Waals surface area contributed by atoms with Crippen molar-refractivity contribution in [1.29, 1.82) is 0 Å². The quantitative estimate of drug-likeness (QED) is 0.221. The zero-order valence-corrected chi connectivity index (χ0v) is 19.6. The van der Waals surface area contributed by atoms with E-state index < -0.39 is 0 Å². The average Bonchev–Trinajstić information content (AvgIpc) is 2.58. The maximum atomic E-state index is 5.41. The molecule has 2 rings (SSSR count). The van der Waals surface area contributed by atoms with Crippen molar-refractivity contribution >= 4 is 23.0 Å². The molecule has 0 aromatic carbocycles. The highest BCUT2D eigenvalue weighted by molar-refractivity contribution is 7.80. The summed E-state index contributed by atoms with van der Waals surface area (Å²) in [6.45, 7) is 16.4. The lowest BCUT2D eigenvalue weighted by atomic mass is 9.47. The number of hydrazone groups is 1. The van der Waals surface area contributed by atoms with Crippen LogP contribution in [0.2, 0.25) is 0 Å². The fourth-order valence-electron chi connectivity index (χ4n) is 6.02. The summed E-state index contributed by atoms with van der Waals surface area (Å²) in [5, 5.41) is 4.40. The molecule has 0 heterocycles. The minimum Gasteiger partial charge on any atom is -0.375 e. The summed E-state index contributed by atoms with van der Waals surface area (Å²) in [6.07, 6.45) is 13.4. The number of nitrogens with two attached hydrogens (primary N) is 1. The molecule has 28 heavy (non-hydrogen) atoms. The number of hydrogen-bond donors (Lipinski definition) is 2. The Balaban J connectivity index is 1.93. The van der Waals surface area contributed by atoms with Crippen molar-refractivity contribution in [3.05, 3.63) is 23.8 Å². The summed E-state index contributed by atoms with van der Waals surface area (Å²) in [5.41, 5.74) is 13.0. The van der Waals surface area contributed by atoms with Crippen molar-refractivity contribution in [2.24, 2.45) is 33.5 Å². The van der Waals surface area contributed by atoms with Gasteiger partial charge in [0.25, 0.3) is 0 Å². The molecule has 0 aromatic heterocycles. The van der Waals surface area contributed by atoms with Crippen LogP contribution < -0.4 is 11.2 Å². The molecular formula is C24H41N3S. The number of nitrogens with zero attached hydrogens (tertiary/aromatic N) is 1. The van der Waals surface area contributed by atoms with Gasteiger partial charge in [-0.25, -0.2) is 0 Å². The molecule has 0 aliphatic heterocycles. The van der Waals surface area contributed by atoms with Crippen LogP contribution in [0, 0.1) is 22.7 Å². The van der Waals surface area contributed by atoms with Gasteiger partial charge in [-0.3, -0.25) is 5.43 Å². The molecule has 158 valence electrons. The smallest absolute Gasteiger partial charge is 0.184 e. The molecule has 4 heteroatoms.